The summed E-state index contributed by atoms with van der Waals surface area (Å²) in [7, 11) is 0. The van der Waals surface area contributed by atoms with Crippen molar-refractivity contribution >= 4 is 44.3 Å². The largest absolute Gasteiger partial charge is 0.339 e. The lowest BCUT2D eigenvalue weighted by molar-refractivity contribution is 0.101. The molecule has 0 radical (unpaired) electrons. The van der Waals surface area contributed by atoms with Gasteiger partial charge in [-0.05, 0) is 72.2 Å². The number of aromatic amines is 1. The van der Waals surface area contributed by atoms with Crippen molar-refractivity contribution in [3.05, 3.63) is 70.2 Å². The molecule has 0 saturated heterocycles. The van der Waals surface area contributed by atoms with Gasteiger partial charge in [-0.3, -0.25) is 14.5 Å². The average molecular weight is 514 g/mol. The number of carbonyl (C=O) groups is 1. The van der Waals surface area contributed by atoms with Crippen molar-refractivity contribution in [1.82, 2.24) is 34.9 Å². The van der Waals surface area contributed by atoms with E-state index in [4.69, 9.17) is 4.98 Å². The monoisotopic (exact) mass is 513 g/mol. The number of anilines is 2. The summed E-state index contributed by atoms with van der Waals surface area (Å²) in [6.07, 6.45) is 1.67. The molecule has 0 saturated carbocycles. The van der Waals surface area contributed by atoms with E-state index in [1.807, 2.05) is 47.9 Å². The number of nitriles is 1. The molecule has 0 unspecified atom stereocenters. The molecule has 10 nitrogen and oxygen atoms in total. The topological polar surface area (TPSA) is 138 Å². The molecule has 4 aromatic heterocycles. The fraction of sp³-hybridized carbons (Fsp3) is 0.0870. The molecule has 1 aromatic carbocycles. The summed E-state index contributed by atoms with van der Waals surface area (Å²) in [5, 5.41) is 27.4. The Balaban J connectivity index is 1.55. The molecule has 0 aliphatic carbocycles. The molecule has 0 bridgehead atoms. The second-order valence-corrected chi connectivity index (χ2v) is 8.29. The summed E-state index contributed by atoms with van der Waals surface area (Å²) < 4.78 is 2.28. The average Bonchev–Trinajstić information content (AvgIpc) is 3.43. The summed E-state index contributed by atoms with van der Waals surface area (Å²) >= 11 is 3.38. The zero-order valence-corrected chi connectivity index (χ0v) is 19.6. The zero-order valence-electron chi connectivity index (χ0n) is 18.0. The number of Topliss-reactive ketones (excluding diaryl/α,β-unsaturated/α-hetero) is 1. The lowest BCUT2D eigenvalue weighted by Crippen LogP contribution is -2.04. The van der Waals surface area contributed by atoms with E-state index in [1.165, 1.54) is 6.92 Å². The van der Waals surface area contributed by atoms with Crippen LogP contribution in [0.3, 0.4) is 0 Å². The highest BCUT2D eigenvalue weighted by Gasteiger charge is 2.20. The van der Waals surface area contributed by atoms with Crippen LogP contribution in [0.5, 0.6) is 0 Å². The third kappa shape index (κ3) is 3.80. The minimum Gasteiger partial charge on any atom is -0.339 e. The third-order valence-electron chi connectivity index (χ3n) is 5.17. The first kappa shape index (κ1) is 21.4. The van der Waals surface area contributed by atoms with Crippen LogP contribution in [0.4, 0.5) is 11.5 Å². The number of pyridine rings is 1. The van der Waals surface area contributed by atoms with Gasteiger partial charge in [-0.1, -0.05) is 0 Å². The van der Waals surface area contributed by atoms with Crippen molar-refractivity contribution in [2.45, 2.75) is 13.8 Å². The fourth-order valence-corrected chi connectivity index (χ4v) is 3.96. The predicted molar refractivity (Wildman–Crippen MR) is 129 cm³/mol. The molecule has 4 heterocycles. The molecule has 0 atom stereocenters. The van der Waals surface area contributed by atoms with Crippen molar-refractivity contribution < 1.29 is 4.79 Å². The number of fused-ring (bicyclic) bond motifs is 1. The summed E-state index contributed by atoms with van der Waals surface area (Å²) in [6, 6.07) is 14.9. The van der Waals surface area contributed by atoms with Crippen LogP contribution < -0.4 is 5.32 Å². The van der Waals surface area contributed by atoms with Crippen LogP contribution in [-0.4, -0.2) is 40.7 Å². The van der Waals surface area contributed by atoms with Gasteiger partial charge < -0.3 is 5.32 Å². The van der Waals surface area contributed by atoms with Gasteiger partial charge in [0.15, 0.2) is 17.3 Å². The first-order valence-corrected chi connectivity index (χ1v) is 10.9. The molecule has 0 fully saturated rings. The molecule has 0 aliphatic rings. The van der Waals surface area contributed by atoms with Crippen LogP contribution >= 0.6 is 15.9 Å². The second kappa shape index (κ2) is 8.49. The Bertz CT molecular complexity index is 1600. The molecule has 11 heteroatoms. The van der Waals surface area contributed by atoms with Crippen LogP contribution in [0.2, 0.25) is 0 Å². The number of imidazole rings is 1. The highest BCUT2D eigenvalue weighted by molar-refractivity contribution is 9.10. The lowest BCUT2D eigenvalue weighted by Gasteiger charge is -2.10. The van der Waals surface area contributed by atoms with Crippen molar-refractivity contribution in [1.29, 1.82) is 5.26 Å². The van der Waals surface area contributed by atoms with E-state index >= 15 is 0 Å². The third-order valence-corrected chi connectivity index (χ3v) is 5.95. The van der Waals surface area contributed by atoms with E-state index in [9.17, 15) is 10.1 Å². The quantitative estimate of drug-likeness (QED) is 0.327. The van der Waals surface area contributed by atoms with E-state index in [1.54, 1.807) is 18.5 Å². The fourth-order valence-electron chi connectivity index (χ4n) is 3.50. The number of carbonyl (C=O) groups excluding carboxylic acids is 1. The maximum atomic E-state index is 12.3. The van der Waals surface area contributed by atoms with Crippen LogP contribution in [-0.2, 0) is 0 Å². The molecule has 0 aliphatic heterocycles. The van der Waals surface area contributed by atoms with Crippen LogP contribution in [0.1, 0.15) is 28.7 Å². The molecule has 0 amide bonds. The minimum absolute atomic E-state index is 0.153. The SMILES string of the molecule is CC(=O)c1ccc(-n2cnc3cc(Nc4ccc(C)nn4)ccc32)nc1-c1[nH]nc(C#N)c1Br. The van der Waals surface area contributed by atoms with E-state index in [2.05, 4.69) is 46.6 Å². The van der Waals surface area contributed by atoms with Crippen molar-refractivity contribution in [2.24, 2.45) is 0 Å². The summed E-state index contributed by atoms with van der Waals surface area (Å²) in [5.74, 6) is 1.05. The summed E-state index contributed by atoms with van der Waals surface area (Å²) in [5.41, 5.74) is 4.68. The number of nitrogens with zero attached hydrogens (tertiary/aromatic N) is 7. The maximum absolute atomic E-state index is 12.3. The van der Waals surface area contributed by atoms with Gasteiger partial charge in [-0.2, -0.15) is 15.5 Å². The predicted octanol–water partition coefficient (Wildman–Crippen LogP) is 4.49. The Kier molecular flexibility index (Phi) is 5.35. The normalized spacial score (nSPS) is 10.9. The smallest absolute Gasteiger partial charge is 0.177 e. The van der Waals surface area contributed by atoms with Gasteiger partial charge in [0.05, 0.1) is 26.9 Å². The molecule has 34 heavy (non-hydrogen) atoms. The van der Waals surface area contributed by atoms with Gasteiger partial charge in [0, 0.05) is 11.3 Å². The van der Waals surface area contributed by atoms with E-state index in [0.29, 0.717) is 33.1 Å². The highest BCUT2D eigenvalue weighted by atomic mass is 79.9. The Morgan fingerprint density at radius 2 is 2.03 bits per heavy atom. The Morgan fingerprint density at radius 3 is 2.74 bits per heavy atom. The number of nitrogens with one attached hydrogen (secondary N) is 2. The number of H-pyrrole nitrogens is 1. The van der Waals surface area contributed by atoms with Gasteiger partial charge >= 0.3 is 0 Å². The maximum Gasteiger partial charge on any atom is 0.177 e. The van der Waals surface area contributed by atoms with E-state index in [-0.39, 0.29) is 11.5 Å². The number of hydrogen-bond acceptors (Lipinski definition) is 8. The first-order chi connectivity index (χ1) is 16.4. The number of benzene rings is 1. The standard InChI is InChI=1S/C23H16BrN9O/c1-12-3-7-19(31-29-12)27-14-4-6-18-16(9-14)26-11-33(18)20-8-5-15(13(2)34)22(28-20)23-21(24)17(10-25)30-32-23/h3-9,11H,1-2H3,(H,27,31)(H,30,32). The van der Waals surface area contributed by atoms with Gasteiger partial charge in [0.1, 0.15) is 23.9 Å². The molecule has 5 rings (SSSR count). The van der Waals surface area contributed by atoms with Gasteiger partial charge in [-0.25, -0.2) is 9.97 Å². The molecule has 2 N–H and O–H groups in total. The number of rotatable bonds is 5. The van der Waals surface area contributed by atoms with Gasteiger partial charge in [-0.15, -0.1) is 5.10 Å². The first-order valence-electron chi connectivity index (χ1n) is 10.2. The van der Waals surface area contributed by atoms with Gasteiger partial charge in [0.2, 0.25) is 0 Å². The Labute approximate surface area is 201 Å². The molecular formula is C23H16BrN9O. The number of ketones is 1. The van der Waals surface area contributed by atoms with E-state index in [0.717, 1.165) is 22.4 Å². The second-order valence-electron chi connectivity index (χ2n) is 7.50. The highest BCUT2D eigenvalue weighted by Crippen LogP contribution is 2.31. The minimum atomic E-state index is -0.153. The molecule has 0 spiro atoms. The summed E-state index contributed by atoms with van der Waals surface area (Å²) in [6.45, 7) is 3.35. The summed E-state index contributed by atoms with van der Waals surface area (Å²) in [4.78, 5) is 21.5. The number of aryl methyl sites for hydroxylation is 1. The van der Waals surface area contributed by atoms with Crippen LogP contribution in [0.25, 0.3) is 28.2 Å². The molecular weight excluding hydrogens is 498 g/mol. The number of hydrogen-bond donors (Lipinski definition) is 2. The van der Waals surface area contributed by atoms with Crippen LogP contribution in [0, 0.1) is 18.3 Å². The van der Waals surface area contributed by atoms with E-state index < -0.39 is 0 Å². The van der Waals surface area contributed by atoms with Crippen molar-refractivity contribution in [2.75, 3.05) is 5.32 Å². The Hall–Kier alpha value is -4.43. The number of aromatic nitrogens is 7. The van der Waals surface area contributed by atoms with Crippen molar-refractivity contribution in [3.8, 4) is 23.3 Å². The van der Waals surface area contributed by atoms with Crippen molar-refractivity contribution in [3.63, 3.8) is 0 Å². The lowest BCUT2D eigenvalue weighted by atomic mass is 10.1. The van der Waals surface area contributed by atoms with Crippen LogP contribution in [0.15, 0.2) is 53.3 Å². The molecule has 5 aromatic rings. The number of halogens is 1. The molecule has 166 valence electrons. The zero-order chi connectivity index (χ0) is 23.8. The Morgan fingerprint density at radius 1 is 1.18 bits per heavy atom. The van der Waals surface area contributed by atoms with Gasteiger partial charge in [0.25, 0.3) is 0 Å².